The van der Waals surface area contributed by atoms with Crippen molar-refractivity contribution in [1.29, 1.82) is 5.26 Å². The first kappa shape index (κ1) is 16.3. The maximum Gasteiger partial charge on any atom is 0.241 e. The monoisotopic (exact) mass is 318 g/mol. The number of nitrogens with zero attached hydrogens (tertiary/aromatic N) is 2. The van der Waals surface area contributed by atoms with Crippen LogP contribution in [-0.2, 0) is 9.59 Å². The van der Waals surface area contributed by atoms with Crippen LogP contribution in [-0.4, -0.2) is 47.4 Å². The minimum Gasteiger partial charge on any atom is -0.352 e. The molecule has 2 N–H and O–H groups in total. The smallest absolute Gasteiger partial charge is 0.241 e. The lowest BCUT2D eigenvalue weighted by Crippen LogP contribution is -2.47. The Balaban J connectivity index is 1.53. The molecule has 2 amide bonds. The second-order valence-corrected chi connectivity index (χ2v) is 8.39. The van der Waals surface area contributed by atoms with E-state index in [1.54, 1.807) is 4.90 Å². The summed E-state index contributed by atoms with van der Waals surface area (Å²) in [7, 11) is 0. The van der Waals surface area contributed by atoms with Crippen molar-refractivity contribution in [2.24, 2.45) is 11.3 Å². The highest BCUT2D eigenvalue weighted by Crippen LogP contribution is 2.48. The van der Waals surface area contributed by atoms with Gasteiger partial charge in [-0.15, -0.1) is 0 Å². The summed E-state index contributed by atoms with van der Waals surface area (Å²) in [5.74, 6) is 0.608. The largest absolute Gasteiger partial charge is 0.352 e. The number of fused-ring (bicyclic) bond motifs is 1. The van der Waals surface area contributed by atoms with Gasteiger partial charge in [-0.25, -0.2) is 0 Å². The van der Waals surface area contributed by atoms with Crippen LogP contribution in [0.25, 0.3) is 0 Å². The molecule has 0 bridgehead atoms. The van der Waals surface area contributed by atoms with Crippen LogP contribution in [0.5, 0.6) is 0 Å². The van der Waals surface area contributed by atoms with Crippen molar-refractivity contribution >= 4 is 11.8 Å². The summed E-state index contributed by atoms with van der Waals surface area (Å²) in [6.07, 6.45) is 2.96. The summed E-state index contributed by atoms with van der Waals surface area (Å²) in [6, 6.07) is 2.00. The number of carbonyl (C=O) groups is 2. The lowest BCUT2D eigenvalue weighted by Gasteiger charge is -2.26. The first-order valence-corrected chi connectivity index (χ1v) is 8.53. The molecule has 2 heterocycles. The molecule has 3 rings (SSSR count). The Hall–Kier alpha value is -1.61. The fourth-order valence-electron chi connectivity index (χ4n) is 3.86. The van der Waals surface area contributed by atoms with Crippen LogP contribution in [0.15, 0.2) is 0 Å². The van der Waals surface area contributed by atoms with Crippen molar-refractivity contribution < 1.29 is 9.59 Å². The highest BCUT2D eigenvalue weighted by molar-refractivity contribution is 5.84. The number of piperidine rings is 1. The second kappa shape index (κ2) is 5.79. The maximum absolute atomic E-state index is 12.7. The molecule has 5 atom stereocenters. The van der Waals surface area contributed by atoms with Crippen LogP contribution < -0.4 is 10.6 Å². The van der Waals surface area contributed by atoms with Gasteiger partial charge in [0.2, 0.25) is 11.8 Å². The summed E-state index contributed by atoms with van der Waals surface area (Å²) in [6.45, 7) is 6.72. The number of rotatable bonds is 3. The minimum atomic E-state index is -0.273. The summed E-state index contributed by atoms with van der Waals surface area (Å²) >= 11 is 0. The Morgan fingerprint density at radius 2 is 2.04 bits per heavy atom. The zero-order chi connectivity index (χ0) is 16.8. The van der Waals surface area contributed by atoms with Gasteiger partial charge in [-0.2, -0.15) is 5.26 Å². The van der Waals surface area contributed by atoms with Crippen LogP contribution in [0.3, 0.4) is 0 Å². The predicted molar refractivity (Wildman–Crippen MR) is 85.2 cm³/mol. The summed E-state index contributed by atoms with van der Waals surface area (Å²) in [4.78, 5) is 26.5. The molecule has 0 aromatic rings. The van der Waals surface area contributed by atoms with Gasteiger partial charge in [0.15, 0.2) is 0 Å². The fourth-order valence-corrected chi connectivity index (χ4v) is 3.86. The second-order valence-electron chi connectivity index (χ2n) is 8.39. The molecule has 126 valence electrons. The van der Waals surface area contributed by atoms with Gasteiger partial charge >= 0.3 is 0 Å². The third-order valence-corrected chi connectivity index (χ3v) is 4.99. The Kier molecular flexibility index (Phi) is 4.09. The van der Waals surface area contributed by atoms with E-state index in [1.165, 1.54) is 0 Å². The molecule has 3 aliphatic rings. The standard InChI is InChI=1S/C17H26N4O2/c1-17(2,3)7-15(22)20-11-6-13(19-9-11)16(23)21-12(8-18)4-10-5-14(10)21/h10-14,19H,4-7,9H2,1-3H3,(H,20,22)/t10-,11+,12+,13+,14+/m1/s1. The molecule has 2 saturated heterocycles. The molecule has 0 aromatic heterocycles. The molecular formula is C17H26N4O2. The Morgan fingerprint density at radius 1 is 1.30 bits per heavy atom. The first-order valence-electron chi connectivity index (χ1n) is 8.53. The van der Waals surface area contributed by atoms with Crippen LogP contribution in [0, 0.1) is 22.7 Å². The third kappa shape index (κ3) is 3.50. The topological polar surface area (TPSA) is 85.2 Å². The lowest BCUT2D eigenvalue weighted by atomic mass is 9.92. The van der Waals surface area contributed by atoms with Gasteiger partial charge in [-0.05, 0) is 30.6 Å². The zero-order valence-corrected chi connectivity index (χ0v) is 14.1. The molecule has 0 spiro atoms. The Bertz CT molecular complexity index is 548. The highest BCUT2D eigenvalue weighted by Gasteiger charge is 2.55. The van der Waals surface area contributed by atoms with E-state index < -0.39 is 0 Å². The van der Waals surface area contributed by atoms with Gasteiger partial charge in [0.05, 0.1) is 12.1 Å². The quantitative estimate of drug-likeness (QED) is 0.805. The van der Waals surface area contributed by atoms with Crippen molar-refractivity contribution in [3.8, 4) is 6.07 Å². The summed E-state index contributed by atoms with van der Waals surface area (Å²) in [5, 5.41) is 15.5. The minimum absolute atomic E-state index is 0.00283. The predicted octanol–water partition coefficient (Wildman–Crippen LogP) is 0.782. The van der Waals surface area contributed by atoms with Crippen molar-refractivity contribution in [2.45, 2.75) is 70.6 Å². The van der Waals surface area contributed by atoms with Crippen molar-refractivity contribution in [2.75, 3.05) is 6.54 Å². The molecule has 1 saturated carbocycles. The van der Waals surface area contributed by atoms with E-state index in [2.05, 4.69) is 16.7 Å². The summed E-state index contributed by atoms with van der Waals surface area (Å²) < 4.78 is 0. The van der Waals surface area contributed by atoms with E-state index in [4.69, 9.17) is 0 Å². The van der Waals surface area contributed by atoms with E-state index >= 15 is 0 Å². The first-order chi connectivity index (χ1) is 10.8. The fraction of sp³-hybridized carbons (Fsp3) is 0.824. The van der Waals surface area contributed by atoms with Crippen molar-refractivity contribution in [3.05, 3.63) is 0 Å². The molecule has 6 nitrogen and oxygen atoms in total. The number of hydrogen-bond donors (Lipinski definition) is 2. The average molecular weight is 318 g/mol. The molecule has 2 aliphatic heterocycles. The van der Waals surface area contributed by atoms with E-state index in [1.807, 2.05) is 20.8 Å². The molecule has 3 fully saturated rings. The molecule has 0 unspecified atom stereocenters. The SMILES string of the molecule is CC(C)(C)CC(=O)N[C@@H]1CN[C@H](C(=O)N2[C@H](C#N)C[C@@H]3C[C@@H]32)C1. The van der Waals surface area contributed by atoms with Crippen LogP contribution in [0.4, 0.5) is 0 Å². The van der Waals surface area contributed by atoms with Gasteiger partial charge in [0.1, 0.15) is 6.04 Å². The number of amides is 2. The van der Waals surface area contributed by atoms with E-state index in [-0.39, 0.29) is 41.4 Å². The van der Waals surface area contributed by atoms with Gasteiger partial charge in [0.25, 0.3) is 0 Å². The lowest BCUT2D eigenvalue weighted by molar-refractivity contribution is -0.134. The maximum atomic E-state index is 12.7. The highest BCUT2D eigenvalue weighted by atomic mass is 16.2. The molecule has 0 aromatic carbocycles. The number of carbonyl (C=O) groups excluding carboxylic acids is 2. The Labute approximate surface area is 137 Å². The number of nitriles is 1. The summed E-state index contributed by atoms with van der Waals surface area (Å²) in [5.41, 5.74) is -0.0398. The number of nitrogens with one attached hydrogen (secondary N) is 2. The zero-order valence-electron chi connectivity index (χ0n) is 14.1. The van der Waals surface area contributed by atoms with E-state index in [0.29, 0.717) is 25.3 Å². The van der Waals surface area contributed by atoms with Gasteiger partial charge < -0.3 is 15.5 Å². The molecule has 1 aliphatic carbocycles. The van der Waals surface area contributed by atoms with Gasteiger partial charge in [-0.1, -0.05) is 20.8 Å². The van der Waals surface area contributed by atoms with E-state index in [9.17, 15) is 14.9 Å². The third-order valence-electron chi connectivity index (χ3n) is 4.99. The number of hydrogen-bond acceptors (Lipinski definition) is 4. The van der Waals surface area contributed by atoms with Crippen molar-refractivity contribution in [3.63, 3.8) is 0 Å². The van der Waals surface area contributed by atoms with E-state index in [0.717, 1.165) is 12.8 Å². The average Bonchev–Trinajstić information content (AvgIpc) is 2.90. The van der Waals surface area contributed by atoms with Crippen LogP contribution in [0.2, 0.25) is 0 Å². The van der Waals surface area contributed by atoms with Crippen LogP contribution >= 0.6 is 0 Å². The normalized spacial score (nSPS) is 35.6. The number of likely N-dealkylation sites (tertiary alicyclic amines) is 1. The molecule has 6 heteroatoms. The van der Waals surface area contributed by atoms with Gasteiger partial charge in [-0.3, -0.25) is 9.59 Å². The molecule has 23 heavy (non-hydrogen) atoms. The molecule has 0 radical (unpaired) electrons. The van der Waals surface area contributed by atoms with Crippen molar-refractivity contribution in [1.82, 2.24) is 15.5 Å². The molecular weight excluding hydrogens is 292 g/mol. The van der Waals surface area contributed by atoms with Crippen LogP contribution in [0.1, 0.15) is 46.5 Å². The van der Waals surface area contributed by atoms with Gasteiger partial charge in [0, 0.05) is 25.0 Å². The Morgan fingerprint density at radius 3 is 2.70 bits per heavy atom.